The van der Waals surface area contributed by atoms with Crippen LogP contribution in [0.1, 0.15) is 17.4 Å². The van der Waals surface area contributed by atoms with Gasteiger partial charge in [0.25, 0.3) is 0 Å². The first kappa shape index (κ1) is 14.9. The molecule has 3 aromatic rings. The van der Waals surface area contributed by atoms with Gasteiger partial charge in [-0.05, 0) is 42.0 Å². The minimum absolute atomic E-state index is 0.0375. The Morgan fingerprint density at radius 1 is 1.10 bits per heavy atom. The van der Waals surface area contributed by atoms with E-state index in [1.54, 1.807) is 0 Å². The lowest BCUT2D eigenvalue weighted by Crippen LogP contribution is -2.12. The fourth-order valence-electron chi connectivity index (χ4n) is 2.12. The highest BCUT2D eigenvalue weighted by molar-refractivity contribution is 9.10. The van der Waals surface area contributed by atoms with Crippen molar-refractivity contribution in [2.45, 2.75) is 6.04 Å². The number of hydrogen-bond acceptors (Lipinski definition) is 2. The van der Waals surface area contributed by atoms with Crippen molar-refractivity contribution in [3.63, 3.8) is 0 Å². The molecule has 0 saturated carbocycles. The first-order valence-corrected chi connectivity index (χ1v) is 7.59. The second kappa shape index (κ2) is 5.61. The van der Waals surface area contributed by atoms with Gasteiger partial charge in [0, 0.05) is 14.9 Å². The number of benzene rings is 2. The Morgan fingerprint density at radius 3 is 2.62 bits per heavy atom. The van der Waals surface area contributed by atoms with E-state index in [2.05, 4.69) is 15.9 Å². The molecule has 21 heavy (non-hydrogen) atoms. The first-order valence-electron chi connectivity index (χ1n) is 6.04. The number of fused-ring (bicyclic) bond motifs is 1. The van der Waals surface area contributed by atoms with E-state index in [4.69, 9.17) is 33.4 Å². The van der Waals surface area contributed by atoms with Crippen molar-refractivity contribution < 1.29 is 8.81 Å². The second-order valence-electron chi connectivity index (χ2n) is 4.60. The van der Waals surface area contributed by atoms with Gasteiger partial charge in [0.2, 0.25) is 0 Å². The lowest BCUT2D eigenvalue weighted by molar-refractivity contribution is 0.523. The highest BCUT2D eigenvalue weighted by Crippen LogP contribution is 2.33. The SMILES string of the molecule is NC(c1cc2cc(Br)ccc2o1)c1cc(F)c(Cl)cc1Cl. The Bertz CT molecular complexity index is 834. The summed E-state index contributed by atoms with van der Waals surface area (Å²) in [5, 5.41) is 1.17. The Labute approximate surface area is 138 Å². The van der Waals surface area contributed by atoms with Crippen LogP contribution in [0.2, 0.25) is 10.0 Å². The van der Waals surface area contributed by atoms with E-state index in [0.29, 0.717) is 21.9 Å². The van der Waals surface area contributed by atoms with Crippen LogP contribution in [-0.2, 0) is 0 Å². The molecule has 3 rings (SSSR count). The van der Waals surface area contributed by atoms with Gasteiger partial charge in [0.05, 0.1) is 11.1 Å². The monoisotopic (exact) mass is 387 g/mol. The average Bonchev–Trinajstić information content (AvgIpc) is 2.85. The van der Waals surface area contributed by atoms with Gasteiger partial charge in [0.1, 0.15) is 17.2 Å². The van der Waals surface area contributed by atoms with Gasteiger partial charge in [0.15, 0.2) is 0 Å². The number of hydrogen-bond donors (Lipinski definition) is 1. The normalized spacial score (nSPS) is 12.8. The van der Waals surface area contributed by atoms with Gasteiger partial charge in [-0.15, -0.1) is 0 Å². The predicted octanol–water partition coefficient (Wildman–Crippen LogP) is 5.69. The summed E-state index contributed by atoms with van der Waals surface area (Å²) in [5.74, 6) is -0.0582. The fourth-order valence-corrected chi connectivity index (χ4v) is 3.00. The maximum atomic E-state index is 13.6. The molecule has 0 radical (unpaired) electrons. The van der Waals surface area contributed by atoms with Gasteiger partial charge in [-0.1, -0.05) is 39.1 Å². The summed E-state index contributed by atoms with van der Waals surface area (Å²) in [4.78, 5) is 0. The first-order chi connectivity index (χ1) is 9.95. The van der Waals surface area contributed by atoms with E-state index in [0.717, 1.165) is 9.86 Å². The van der Waals surface area contributed by atoms with Crippen molar-refractivity contribution >= 4 is 50.1 Å². The Hall–Kier alpha value is -1.07. The molecular weight excluding hydrogens is 380 g/mol. The van der Waals surface area contributed by atoms with E-state index in [-0.39, 0.29) is 5.02 Å². The number of rotatable bonds is 2. The van der Waals surface area contributed by atoms with Crippen molar-refractivity contribution in [1.82, 2.24) is 0 Å². The second-order valence-corrected chi connectivity index (χ2v) is 6.33. The van der Waals surface area contributed by atoms with Crippen molar-refractivity contribution in [3.05, 3.63) is 68.1 Å². The summed E-state index contributed by atoms with van der Waals surface area (Å²) in [6.07, 6.45) is 0. The van der Waals surface area contributed by atoms with Gasteiger partial charge in [-0.25, -0.2) is 4.39 Å². The van der Waals surface area contributed by atoms with Crippen LogP contribution >= 0.6 is 39.1 Å². The molecule has 2 aromatic carbocycles. The predicted molar refractivity (Wildman–Crippen MR) is 86.4 cm³/mol. The summed E-state index contributed by atoms with van der Waals surface area (Å²) in [5.41, 5.74) is 7.27. The summed E-state index contributed by atoms with van der Waals surface area (Å²) >= 11 is 15.2. The Kier molecular flexibility index (Phi) is 3.97. The molecule has 2 N–H and O–H groups in total. The third-order valence-corrected chi connectivity index (χ3v) is 4.29. The number of furan rings is 1. The lowest BCUT2D eigenvalue weighted by Gasteiger charge is -2.11. The van der Waals surface area contributed by atoms with Crippen LogP contribution in [0.3, 0.4) is 0 Å². The lowest BCUT2D eigenvalue weighted by atomic mass is 10.0. The largest absolute Gasteiger partial charge is 0.459 e. The van der Waals surface area contributed by atoms with Crippen molar-refractivity contribution in [2.75, 3.05) is 0 Å². The van der Waals surface area contributed by atoms with E-state index in [1.165, 1.54) is 12.1 Å². The Morgan fingerprint density at radius 2 is 1.86 bits per heavy atom. The minimum atomic E-state index is -0.671. The molecule has 1 heterocycles. The highest BCUT2D eigenvalue weighted by Gasteiger charge is 2.19. The molecule has 0 aliphatic carbocycles. The van der Waals surface area contributed by atoms with Crippen LogP contribution in [0.15, 0.2) is 45.3 Å². The van der Waals surface area contributed by atoms with Crippen LogP contribution in [-0.4, -0.2) is 0 Å². The molecule has 0 saturated heterocycles. The van der Waals surface area contributed by atoms with Gasteiger partial charge < -0.3 is 10.2 Å². The zero-order valence-electron chi connectivity index (χ0n) is 10.5. The summed E-state index contributed by atoms with van der Waals surface area (Å²) in [6, 6.07) is 9.34. The smallest absolute Gasteiger partial charge is 0.142 e. The molecule has 108 valence electrons. The van der Waals surface area contributed by atoms with E-state index >= 15 is 0 Å². The standard InChI is InChI=1S/C15H9BrCl2FNO/c16-8-1-2-13-7(3-8)4-14(21-13)15(20)9-5-12(19)11(18)6-10(9)17/h1-6,15H,20H2. The third-order valence-electron chi connectivity index (χ3n) is 3.18. The van der Waals surface area contributed by atoms with E-state index < -0.39 is 11.9 Å². The molecule has 0 bridgehead atoms. The molecule has 0 amide bonds. The van der Waals surface area contributed by atoms with Gasteiger partial charge in [-0.3, -0.25) is 0 Å². The molecule has 1 aromatic heterocycles. The van der Waals surface area contributed by atoms with Crippen LogP contribution in [0.5, 0.6) is 0 Å². The van der Waals surface area contributed by atoms with Gasteiger partial charge >= 0.3 is 0 Å². The van der Waals surface area contributed by atoms with Gasteiger partial charge in [-0.2, -0.15) is 0 Å². The fraction of sp³-hybridized carbons (Fsp3) is 0.0667. The average molecular weight is 389 g/mol. The topological polar surface area (TPSA) is 39.2 Å². The highest BCUT2D eigenvalue weighted by atomic mass is 79.9. The van der Waals surface area contributed by atoms with Crippen LogP contribution < -0.4 is 5.73 Å². The summed E-state index contributed by atoms with van der Waals surface area (Å²) < 4.78 is 20.3. The minimum Gasteiger partial charge on any atom is -0.459 e. The van der Waals surface area contributed by atoms with Crippen molar-refractivity contribution in [1.29, 1.82) is 0 Å². The maximum Gasteiger partial charge on any atom is 0.142 e. The molecule has 1 atom stereocenters. The molecule has 0 aliphatic rings. The zero-order valence-corrected chi connectivity index (χ0v) is 13.6. The van der Waals surface area contributed by atoms with Crippen molar-refractivity contribution in [2.24, 2.45) is 5.73 Å². The maximum absolute atomic E-state index is 13.6. The molecule has 6 heteroatoms. The molecule has 2 nitrogen and oxygen atoms in total. The Balaban J connectivity index is 2.07. The van der Waals surface area contributed by atoms with E-state index in [1.807, 2.05) is 24.3 Å². The molecular formula is C15H9BrCl2FNO. The van der Waals surface area contributed by atoms with Crippen molar-refractivity contribution in [3.8, 4) is 0 Å². The molecule has 0 spiro atoms. The summed E-state index contributed by atoms with van der Waals surface area (Å²) in [7, 11) is 0. The number of nitrogens with two attached hydrogens (primary N) is 1. The quantitative estimate of drug-likeness (QED) is 0.572. The van der Waals surface area contributed by atoms with Crippen LogP contribution in [0.25, 0.3) is 11.0 Å². The zero-order chi connectivity index (χ0) is 15.1. The number of halogens is 4. The molecule has 0 aliphatic heterocycles. The van der Waals surface area contributed by atoms with E-state index in [9.17, 15) is 4.39 Å². The van der Waals surface area contributed by atoms with Crippen LogP contribution in [0, 0.1) is 5.82 Å². The third kappa shape index (κ3) is 2.81. The molecule has 1 unspecified atom stereocenters. The van der Waals surface area contributed by atoms with Crippen LogP contribution in [0.4, 0.5) is 4.39 Å². The molecule has 0 fully saturated rings. The summed E-state index contributed by atoms with van der Waals surface area (Å²) in [6.45, 7) is 0.